The van der Waals surface area contributed by atoms with Crippen molar-refractivity contribution in [1.82, 2.24) is 10.2 Å². The zero-order valence-corrected chi connectivity index (χ0v) is 20.7. The van der Waals surface area contributed by atoms with Crippen LogP contribution in [0, 0.1) is 11.7 Å². The van der Waals surface area contributed by atoms with Crippen molar-refractivity contribution in [1.29, 1.82) is 0 Å². The van der Waals surface area contributed by atoms with Crippen molar-refractivity contribution in [2.75, 3.05) is 50.8 Å². The fourth-order valence-electron chi connectivity index (χ4n) is 5.36. The minimum atomic E-state index is -0.408. The zero-order chi connectivity index (χ0) is 24.2. The minimum Gasteiger partial charge on any atom is -0.486 e. The maximum atomic E-state index is 14.7. The van der Waals surface area contributed by atoms with Crippen LogP contribution >= 0.6 is 11.6 Å². The number of nitrogens with zero attached hydrogens (tertiary/aromatic N) is 2. The molecule has 3 heterocycles. The number of halogens is 2. The number of hydrogen-bond donors (Lipinski definition) is 1. The first kappa shape index (κ1) is 24.2. The molecule has 1 amide bonds. The molecule has 2 fully saturated rings. The molecule has 1 unspecified atom stereocenters. The third kappa shape index (κ3) is 6.01. The standard InChI is InChI=1S/C27H33ClFN3O3/c28-21-4-6-23(7-5-21)32-11-8-20(17-32)27(33)30-22(18-31-9-2-1-3-10-31)14-19-15-24(29)26-25(16-19)34-12-13-35-26/h4-7,15-16,20,22H,1-3,8-14,17-18H2,(H,30,33)/t20-,22?/m1/s1. The number of piperidine rings is 1. The van der Waals surface area contributed by atoms with E-state index in [-0.39, 0.29) is 23.6 Å². The summed E-state index contributed by atoms with van der Waals surface area (Å²) >= 11 is 6.03. The fraction of sp³-hybridized carbons (Fsp3) is 0.519. The Kier molecular flexibility index (Phi) is 7.63. The van der Waals surface area contributed by atoms with E-state index >= 15 is 0 Å². The van der Waals surface area contributed by atoms with Gasteiger partial charge in [-0.3, -0.25) is 4.79 Å². The van der Waals surface area contributed by atoms with E-state index in [0.29, 0.717) is 37.0 Å². The molecule has 188 valence electrons. The average molecular weight is 502 g/mol. The Bertz CT molecular complexity index is 1030. The molecule has 0 spiro atoms. The van der Waals surface area contributed by atoms with Crippen LogP contribution in [0.15, 0.2) is 36.4 Å². The second-order valence-corrected chi connectivity index (χ2v) is 10.2. The SMILES string of the molecule is O=C(NC(Cc1cc(F)c2c(c1)OCCO2)CN1CCCCC1)[C@@H]1CCN(c2ccc(Cl)cc2)C1. The first-order chi connectivity index (χ1) is 17.0. The Morgan fingerprint density at radius 3 is 2.66 bits per heavy atom. The van der Waals surface area contributed by atoms with Gasteiger partial charge in [-0.1, -0.05) is 18.0 Å². The van der Waals surface area contributed by atoms with E-state index in [1.165, 1.54) is 25.3 Å². The quantitative estimate of drug-likeness (QED) is 0.613. The van der Waals surface area contributed by atoms with Gasteiger partial charge >= 0.3 is 0 Å². The molecule has 0 bridgehead atoms. The number of rotatable bonds is 7. The molecule has 2 saturated heterocycles. The van der Waals surface area contributed by atoms with Gasteiger partial charge in [-0.15, -0.1) is 0 Å². The summed E-state index contributed by atoms with van der Waals surface area (Å²) in [5, 5.41) is 4.02. The van der Waals surface area contributed by atoms with E-state index in [1.54, 1.807) is 0 Å². The van der Waals surface area contributed by atoms with Crippen molar-refractivity contribution in [2.45, 2.75) is 38.1 Å². The van der Waals surface area contributed by atoms with Crippen LogP contribution in [-0.4, -0.2) is 62.8 Å². The number of carbonyl (C=O) groups is 1. The van der Waals surface area contributed by atoms with Crippen LogP contribution in [0.2, 0.25) is 5.02 Å². The lowest BCUT2D eigenvalue weighted by Crippen LogP contribution is -2.48. The monoisotopic (exact) mass is 501 g/mol. The van der Waals surface area contributed by atoms with Crippen molar-refractivity contribution in [2.24, 2.45) is 5.92 Å². The second kappa shape index (κ2) is 11.0. The van der Waals surface area contributed by atoms with Crippen molar-refractivity contribution >= 4 is 23.2 Å². The van der Waals surface area contributed by atoms with Crippen molar-refractivity contribution in [3.63, 3.8) is 0 Å². The van der Waals surface area contributed by atoms with Crippen LogP contribution in [0.5, 0.6) is 11.5 Å². The van der Waals surface area contributed by atoms with Crippen molar-refractivity contribution in [3.05, 3.63) is 52.8 Å². The predicted molar refractivity (Wildman–Crippen MR) is 135 cm³/mol. The number of ether oxygens (including phenoxy) is 2. The number of likely N-dealkylation sites (tertiary alicyclic amines) is 1. The second-order valence-electron chi connectivity index (χ2n) is 9.78. The van der Waals surface area contributed by atoms with Crippen LogP contribution in [-0.2, 0) is 11.2 Å². The van der Waals surface area contributed by atoms with Gasteiger partial charge in [-0.2, -0.15) is 0 Å². The molecule has 0 radical (unpaired) electrons. The summed E-state index contributed by atoms with van der Waals surface area (Å²) in [6.45, 7) is 5.12. The Hall–Kier alpha value is -2.51. The molecule has 2 aromatic rings. The summed E-state index contributed by atoms with van der Waals surface area (Å²) in [7, 11) is 0. The summed E-state index contributed by atoms with van der Waals surface area (Å²) in [6, 6.07) is 11.0. The van der Waals surface area contributed by atoms with Crippen LogP contribution in [0.25, 0.3) is 0 Å². The highest BCUT2D eigenvalue weighted by atomic mass is 35.5. The normalized spacial score (nSPS) is 21.1. The lowest BCUT2D eigenvalue weighted by Gasteiger charge is -2.31. The Labute approximate surface area is 211 Å². The molecule has 1 N–H and O–H groups in total. The first-order valence-corrected chi connectivity index (χ1v) is 13.0. The molecule has 8 heteroatoms. The van der Waals surface area contributed by atoms with E-state index in [9.17, 15) is 9.18 Å². The van der Waals surface area contributed by atoms with E-state index < -0.39 is 5.82 Å². The molecular formula is C27H33ClFN3O3. The molecule has 3 aliphatic heterocycles. The summed E-state index contributed by atoms with van der Waals surface area (Å²) < 4.78 is 25.7. The first-order valence-electron chi connectivity index (χ1n) is 12.7. The average Bonchev–Trinajstić information content (AvgIpc) is 3.36. The van der Waals surface area contributed by atoms with Gasteiger partial charge in [-0.25, -0.2) is 4.39 Å². The number of fused-ring (bicyclic) bond motifs is 1. The van der Waals surface area contributed by atoms with Gasteiger partial charge in [0.25, 0.3) is 0 Å². The summed E-state index contributed by atoms with van der Waals surface area (Å²) in [6.07, 6.45) is 4.96. The third-order valence-electron chi connectivity index (χ3n) is 7.16. The maximum Gasteiger partial charge on any atom is 0.225 e. The number of amides is 1. The number of hydrogen-bond acceptors (Lipinski definition) is 5. The van der Waals surface area contributed by atoms with Crippen LogP contribution < -0.4 is 19.7 Å². The van der Waals surface area contributed by atoms with E-state index in [0.717, 1.165) is 43.9 Å². The van der Waals surface area contributed by atoms with Crippen LogP contribution in [0.4, 0.5) is 10.1 Å². The Morgan fingerprint density at radius 1 is 1.09 bits per heavy atom. The van der Waals surface area contributed by atoms with Gasteiger partial charge in [0, 0.05) is 36.4 Å². The topological polar surface area (TPSA) is 54.0 Å². The number of nitrogens with one attached hydrogen (secondary N) is 1. The Morgan fingerprint density at radius 2 is 1.86 bits per heavy atom. The van der Waals surface area contributed by atoms with Gasteiger partial charge < -0.3 is 24.6 Å². The molecular weight excluding hydrogens is 469 g/mol. The largest absolute Gasteiger partial charge is 0.486 e. The lowest BCUT2D eigenvalue weighted by atomic mass is 10.0. The number of benzene rings is 2. The van der Waals surface area contributed by atoms with Crippen LogP contribution in [0.1, 0.15) is 31.2 Å². The molecule has 0 saturated carbocycles. The molecule has 35 heavy (non-hydrogen) atoms. The van der Waals surface area contributed by atoms with Crippen molar-refractivity contribution < 1.29 is 18.7 Å². The van der Waals surface area contributed by atoms with E-state index in [1.807, 2.05) is 30.3 Å². The molecule has 3 aliphatic rings. The summed E-state index contributed by atoms with van der Waals surface area (Å²) in [5.74, 6) is 0.219. The van der Waals surface area contributed by atoms with E-state index in [4.69, 9.17) is 21.1 Å². The zero-order valence-electron chi connectivity index (χ0n) is 20.0. The minimum absolute atomic E-state index is 0.0708. The lowest BCUT2D eigenvalue weighted by molar-refractivity contribution is -0.125. The predicted octanol–water partition coefficient (Wildman–Crippen LogP) is 4.29. The molecule has 0 aliphatic carbocycles. The van der Waals surface area contributed by atoms with E-state index in [2.05, 4.69) is 15.1 Å². The van der Waals surface area contributed by atoms with Gasteiger partial charge in [0.1, 0.15) is 13.2 Å². The number of carbonyl (C=O) groups excluding carboxylic acids is 1. The number of anilines is 1. The highest BCUT2D eigenvalue weighted by Crippen LogP contribution is 2.34. The summed E-state index contributed by atoms with van der Waals surface area (Å²) in [4.78, 5) is 18.0. The molecule has 2 atom stereocenters. The van der Waals surface area contributed by atoms with Gasteiger partial charge in [-0.05, 0) is 80.7 Å². The third-order valence-corrected chi connectivity index (χ3v) is 7.42. The highest BCUT2D eigenvalue weighted by molar-refractivity contribution is 6.30. The molecule has 2 aromatic carbocycles. The maximum absolute atomic E-state index is 14.7. The van der Waals surface area contributed by atoms with Gasteiger partial charge in [0.2, 0.25) is 5.91 Å². The smallest absolute Gasteiger partial charge is 0.225 e. The van der Waals surface area contributed by atoms with Crippen LogP contribution in [0.3, 0.4) is 0 Å². The van der Waals surface area contributed by atoms with Crippen molar-refractivity contribution in [3.8, 4) is 11.5 Å². The molecule has 0 aromatic heterocycles. The fourth-order valence-corrected chi connectivity index (χ4v) is 5.49. The van der Waals surface area contributed by atoms with Gasteiger partial charge in [0.05, 0.1) is 5.92 Å². The van der Waals surface area contributed by atoms with Gasteiger partial charge in [0.15, 0.2) is 17.3 Å². The molecule has 5 rings (SSSR count). The Balaban J connectivity index is 1.26. The highest BCUT2D eigenvalue weighted by Gasteiger charge is 2.31. The molecule has 6 nitrogen and oxygen atoms in total. The summed E-state index contributed by atoms with van der Waals surface area (Å²) in [5.41, 5.74) is 1.89.